The molecule has 0 amide bonds. The van der Waals surface area contributed by atoms with Gasteiger partial charge >= 0.3 is 0 Å². The molecule has 3 heteroatoms. The van der Waals surface area contributed by atoms with Crippen molar-refractivity contribution in [3.8, 4) is 0 Å². The second-order valence-corrected chi connectivity index (χ2v) is 5.84. The minimum Gasteiger partial charge on any atom is -0.312 e. The van der Waals surface area contributed by atoms with Crippen molar-refractivity contribution < 1.29 is 4.39 Å². The Balaban J connectivity index is 2.05. The van der Waals surface area contributed by atoms with E-state index >= 15 is 0 Å². The predicted molar refractivity (Wildman–Crippen MR) is 77.6 cm³/mol. The van der Waals surface area contributed by atoms with Gasteiger partial charge in [0.25, 0.3) is 0 Å². The molecular weight excluding hydrogens is 239 g/mol. The van der Waals surface area contributed by atoms with Gasteiger partial charge in [0, 0.05) is 24.2 Å². The summed E-state index contributed by atoms with van der Waals surface area (Å²) in [6.07, 6.45) is 2.49. The molecule has 0 bridgehead atoms. The molecule has 3 atom stereocenters. The number of rotatable bonds is 4. The molecule has 1 aliphatic rings. The first-order valence-corrected chi connectivity index (χ1v) is 7.27. The van der Waals surface area contributed by atoms with Crippen LogP contribution in [0.2, 0.25) is 0 Å². The van der Waals surface area contributed by atoms with Crippen molar-refractivity contribution >= 4 is 0 Å². The van der Waals surface area contributed by atoms with Gasteiger partial charge in [0.1, 0.15) is 5.82 Å². The Morgan fingerprint density at radius 1 is 1.37 bits per heavy atom. The Morgan fingerprint density at radius 2 is 2.11 bits per heavy atom. The van der Waals surface area contributed by atoms with E-state index in [1.54, 1.807) is 12.1 Å². The number of hydrogen-bond donors (Lipinski definition) is 1. The number of nitrogens with zero attached hydrogens (tertiary/aromatic N) is 1. The Labute approximate surface area is 116 Å². The fourth-order valence-electron chi connectivity index (χ4n) is 3.06. The van der Waals surface area contributed by atoms with Crippen LogP contribution < -0.4 is 5.32 Å². The van der Waals surface area contributed by atoms with E-state index in [1.807, 2.05) is 19.2 Å². The largest absolute Gasteiger partial charge is 0.312 e. The minimum absolute atomic E-state index is 0.0667. The van der Waals surface area contributed by atoms with E-state index in [0.29, 0.717) is 6.04 Å². The van der Waals surface area contributed by atoms with Crippen LogP contribution in [0.25, 0.3) is 0 Å². The van der Waals surface area contributed by atoms with Crippen molar-refractivity contribution in [2.75, 3.05) is 20.1 Å². The molecule has 0 aromatic heterocycles. The highest BCUT2D eigenvalue weighted by molar-refractivity contribution is 5.21. The SMILES string of the molecule is CNC(CN1CCC(C)CC1C)c1ccccc1F. The summed E-state index contributed by atoms with van der Waals surface area (Å²) in [4.78, 5) is 2.48. The molecule has 19 heavy (non-hydrogen) atoms. The van der Waals surface area contributed by atoms with Gasteiger partial charge in [0.2, 0.25) is 0 Å². The molecule has 2 nitrogen and oxygen atoms in total. The van der Waals surface area contributed by atoms with Crippen LogP contribution in [-0.2, 0) is 0 Å². The van der Waals surface area contributed by atoms with Crippen molar-refractivity contribution in [1.82, 2.24) is 10.2 Å². The van der Waals surface area contributed by atoms with Crippen LogP contribution >= 0.6 is 0 Å². The first kappa shape index (κ1) is 14.5. The van der Waals surface area contributed by atoms with Crippen LogP contribution in [0.1, 0.15) is 38.3 Å². The molecule has 1 aliphatic heterocycles. The summed E-state index contributed by atoms with van der Waals surface area (Å²) >= 11 is 0. The van der Waals surface area contributed by atoms with Crippen LogP contribution in [0.5, 0.6) is 0 Å². The Hall–Kier alpha value is -0.930. The van der Waals surface area contributed by atoms with Crippen LogP contribution in [0.3, 0.4) is 0 Å². The van der Waals surface area contributed by atoms with Gasteiger partial charge in [0.15, 0.2) is 0 Å². The normalized spacial score (nSPS) is 26.3. The van der Waals surface area contributed by atoms with Crippen LogP contribution in [0.15, 0.2) is 24.3 Å². The molecule has 1 fully saturated rings. The highest BCUT2D eigenvalue weighted by Crippen LogP contribution is 2.25. The number of likely N-dealkylation sites (tertiary alicyclic amines) is 1. The third-order valence-electron chi connectivity index (χ3n) is 4.32. The van der Waals surface area contributed by atoms with Crippen molar-refractivity contribution in [2.24, 2.45) is 5.92 Å². The van der Waals surface area contributed by atoms with Crippen LogP contribution in [0.4, 0.5) is 4.39 Å². The summed E-state index contributed by atoms with van der Waals surface area (Å²) in [6, 6.07) is 7.74. The molecule has 0 aliphatic carbocycles. The number of nitrogens with one attached hydrogen (secondary N) is 1. The van der Waals surface area contributed by atoms with Crippen LogP contribution in [-0.4, -0.2) is 31.1 Å². The monoisotopic (exact) mass is 264 g/mol. The maximum Gasteiger partial charge on any atom is 0.128 e. The van der Waals surface area contributed by atoms with Gasteiger partial charge in [-0.3, -0.25) is 4.90 Å². The number of benzene rings is 1. The lowest BCUT2D eigenvalue weighted by Gasteiger charge is -2.38. The molecule has 106 valence electrons. The zero-order valence-corrected chi connectivity index (χ0v) is 12.2. The van der Waals surface area contributed by atoms with E-state index in [4.69, 9.17) is 0 Å². The second-order valence-electron chi connectivity index (χ2n) is 5.84. The molecule has 1 aromatic carbocycles. The first-order valence-electron chi connectivity index (χ1n) is 7.27. The average molecular weight is 264 g/mol. The quantitative estimate of drug-likeness (QED) is 0.898. The first-order chi connectivity index (χ1) is 9.11. The summed E-state index contributed by atoms with van der Waals surface area (Å²) < 4.78 is 13.9. The Bertz CT molecular complexity index is 407. The molecule has 1 heterocycles. The third-order valence-corrected chi connectivity index (χ3v) is 4.32. The molecular formula is C16H25FN2. The lowest BCUT2D eigenvalue weighted by molar-refractivity contribution is 0.117. The summed E-state index contributed by atoms with van der Waals surface area (Å²) in [5.74, 6) is 0.702. The topological polar surface area (TPSA) is 15.3 Å². The molecule has 1 aromatic rings. The highest BCUT2D eigenvalue weighted by Gasteiger charge is 2.25. The van der Waals surface area contributed by atoms with E-state index < -0.39 is 0 Å². The summed E-state index contributed by atoms with van der Waals surface area (Å²) in [6.45, 7) is 6.60. The number of halogens is 1. The van der Waals surface area contributed by atoms with E-state index in [2.05, 4.69) is 24.1 Å². The standard InChI is InChI=1S/C16H25FN2/c1-12-8-9-19(13(2)10-12)11-16(18-3)14-6-4-5-7-15(14)17/h4-7,12-13,16,18H,8-11H2,1-3H3. The molecule has 0 saturated carbocycles. The minimum atomic E-state index is -0.111. The maximum absolute atomic E-state index is 13.9. The summed E-state index contributed by atoms with van der Waals surface area (Å²) in [5.41, 5.74) is 0.774. The number of piperidine rings is 1. The van der Waals surface area contributed by atoms with Gasteiger partial charge in [-0.1, -0.05) is 25.1 Å². The second kappa shape index (κ2) is 6.49. The van der Waals surface area contributed by atoms with Gasteiger partial charge in [-0.05, 0) is 45.3 Å². The average Bonchev–Trinajstić information content (AvgIpc) is 2.39. The van der Waals surface area contributed by atoms with Crippen molar-refractivity contribution in [1.29, 1.82) is 0 Å². The van der Waals surface area contributed by atoms with Gasteiger partial charge in [-0.25, -0.2) is 4.39 Å². The molecule has 1 N–H and O–H groups in total. The Morgan fingerprint density at radius 3 is 2.74 bits per heavy atom. The van der Waals surface area contributed by atoms with E-state index in [1.165, 1.54) is 12.8 Å². The molecule has 2 rings (SSSR count). The number of likely N-dealkylation sites (N-methyl/N-ethyl adjacent to an activating group) is 1. The van der Waals surface area contributed by atoms with Gasteiger partial charge in [0.05, 0.1) is 0 Å². The molecule has 3 unspecified atom stereocenters. The lowest BCUT2D eigenvalue weighted by Crippen LogP contribution is -2.44. The van der Waals surface area contributed by atoms with Gasteiger partial charge in [-0.2, -0.15) is 0 Å². The summed E-state index contributed by atoms with van der Waals surface area (Å²) in [5, 5.41) is 3.26. The van der Waals surface area contributed by atoms with Crippen molar-refractivity contribution in [3.05, 3.63) is 35.6 Å². The van der Waals surface area contributed by atoms with Crippen LogP contribution in [0, 0.1) is 11.7 Å². The third kappa shape index (κ3) is 3.54. The van der Waals surface area contributed by atoms with E-state index in [9.17, 15) is 4.39 Å². The molecule has 0 radical (unpaired) electrons. The Kier molecular flexibility index (Phi) is 4.94. The smallest absolute Gasteiger partial charge is 0.128 e. The highest BCUT2D eigenvalue weighted by atomic mass is 19.1. The molecule has 0 spiro atoms. The summed E-state index contributed by atoms with van der Waals surface area (Å²) in [7, 11) is 1.91. The van der Waals surface area contributed by atoms with Crippen molar-refractivity contribution in [2.45, 2.75) is 38.8 Å². The zero-order valence-electron chi connectivity index (χ0n) is 12.2. The van der Waals surface area contributed by atoms with Gasteiger partial charge in [-0.15, -0.1) is 0 Å². The van der Waals surface area contributed by atoms with E-state index in [-0.39, 0.29) is 11.9 Å². The van der Waals surface area contributed by atoms with E-state index in [0.717, 1.165) is 24.6 Å². The zero-order chi connectivity index (χ0) is 13.8. The fourth-order valence-corrected chi connectivity index (χ4v) is 3.06. The molecule has 1 saturated heterocycles. The fraction of sp³-hybridized carbons (Fsp3) is 0.625. The maximum atomic E-state index is 13.9. The van der Waals surface area contributed by atoms with Crippen molar-refractivity contribution in [3.63, 3.8) is 0 Å². The van der Waals surface area contributed by atoms with Gasteiger partial charge < -0.3 is 5.32 Å². The number of hydrogen-bond acceptors (Lipinski definition) is 2. The lowest BCUT2D eigenvalue weighted by atomic mass is 9.92. The predicted octanol–water partition coefficient (Wildman–Crippen LogP) is 3.21.